The smallest absolute Gasteiger partial charge is 0.310 e. The van der Waals surface area contributed by atoms with Crippen LogP contribution in [0.25, 0.3) is 0 Å². The average molecular weight is 525 g/mol. The fourth-order valence-electron chi connectivity index (χ4n) is 6.39. The molecule has 6 rings (SSSR count). The van der Waals surface area contributed by atoms with Crippen molar-refractivity contribution >= 4 is 11.9 Å². The lowest BCUT2D eigenvalue weighted by Gasteiger charge is -2.39. The number of amides is 1. The Kier molecular flexibility index (Phi) is 6.43. The number of ether oxygens (including phenoxy) is 5. The second-order valence-electron chi connectivity index (χ2n) is 10.2. The highest BCUT2D eigenvalue weighted by atomic mass is 16.7. The molecule has 2 fully saturated rings. The summed E-state index contributed by atoms with van der Waals surface area (Å²) in [5.41, 5.74) is 2.72. The third-order valence-corrected chi connectivity index (χ3v) is 8.19. The molecule has 1 amide bonds. The quantitative estimate of drug-likeness (QED) is 0.397. The van der Waals surface area contributed by atoms with E-state index in [0.29, 0.717) is 37.6 Å². The van der Waals surface area contributed by atoms with Crippen molar-refractivity contribution in [2.75, 3.05) is 47.3 Å². The normalized spacial score (nSPS) is 25.3. The van der Waals surface area contributed by atoms with E-state index < -0.39 is 5.92 Å². The van der Waals surface area contributed by atoms with Crippen LogP contribution in [0, 0.1) is 11.8 Å². The van der Waals surface area contributed by atoms with Crippen molar-refractivity contribution in [3.05, 3.63) is 41.0 Å². The summed E-state index contributed by atoms with van der Waals surface area (Å²) >= 11 is 0. The van der Waals surface area contributed by atoms with Gasteiger partial charge in [-0.1, -0.05) is 0 Å². The molecule has 4 atom stereocenters. The Morgan fingerprint density at radius 2 is 1.74 bits per heavy atom. The topological polar surface area (TPSA) is 116 Å². The van der Waals surface area contributed by atoms with Gasteiger partial charge in [-0.3, -0.25) is 9.59 Å². The highest BCUT2D eigenvalue weighted by Gasteiger charge is 2.52. The highest BCUT2D eigenvalue weighted by molar-refractivity contribution is 5.79. The number of phenolic OH excluding ortho intramolecular Hbond substituents is 1. The number of aromatic hydroxyl groups is 1. The van der Waals surface area contributed by atoms with Crippen molar-refractivity contribution in [3.8, 4) is 28.7 Å². The number of methoxy groups -OCH3 is 2. The highest BCUT2D eigenvalue weighted by Crippen LogP contribution is 2.55. The van der Waals surface area contributed by atoms with E-state index in [2.05, 4.69) is 5.32 Å². The number of esters is 1. The molecule has 2 unspecified atom stereocenters. The van der Waals surface area contributed by atoms with Crippen molar-refractivity contribution in [2.45, 2.75) is 31.2 Å². The second-order valence-corrected chi connectivity index (χ2v) is 10.2. The molecule has 10 heteroatoms. The third kappa shape index (κ3) is 4.07. The number of phenols is 1. The molecule has 202 valence electrons. The molecule has 3 aliphatic heterocycles. The van der Waals surface area contributed by atoms with Gasteiger partial charge < -0.3 is 39.0 Å². The largest absolute Gasteiger partial charge is 0.502 e. The van der Waals surface area contributed by atoms with Crippen LogP contribution in [-0.2, 0) is 14.3 Å². The molecule has 0 radical (unpaired) electrons. The number of cyclic esters (lactones) is 1. The lowest BCUT2D eigenvalue weighted by Crippen LogP contribution is -2.41. The molecule has 2 saturated heterocycles. The summed E-state index contributed by atoms with van der Waals surface area (Å²) in [6.07, 6.45) is 2.37. The Bertz CT molecular complexity index is 1240. The van der Waals surface area contributed by atoms with E-state index in [4.69, 9.17) is 23.7 Å². The molecule has 2 aromatic rings. The van der Waals surface area contributed by atoms with Gasteiger partial charge in [-0.05, 0) is 60.3 Å². The van der Waals surface area contributed by atoms with Crippen molar-refractivity contribution < 1.29 is 38.4 Å². The predicted octanol–water partition coefficient (Wildman–Crippen LogP) is 2.72. The first kappa shape index (κ1) is 24.7. The Morgan fingerprint density at radius 1 is 1.03 bits per heavy atom. The van der Waals surface area contributed by atoms with Gasteiger partial charge in [0, 0.05) is 37.4 Å². The third-order valence-electron chi connectivity index (χ3n) is 8.19. The zero-order valence-corrected chi connectivity index (χ0v) is 21.5. The van der Waals surface area contributed by atoms with Crippen LogP contribution in [0.2, 0.25) is 0 Å². The zero-order valence-electron chi connectivity index (χ0n) is 21.5. The SMILES string of the molecule is COc1cc(C2c3cc4c(cc3[C@@H](NCCCN3CCCC3=O)C3COC(=O)[C@H]23)OCO4)cc(OC)c1O. The Labute approximate surface area is 220 Å². The first-order valence-electron chi connectivity index (χ1n) is 13.1. The monoisotopic (exact) mass is 524 g/mol. The maximum Gasteiger partial charge on any atom is 0.310 e. The van der Waals surface area contributed by atoms with E-state index in [9.17, 15) is 14.7 Å². The minimum Gasteiger partial charge on any atom is -0.502 e. The van der Waals surface area contributed by atoms with Crippen LogP contribution in [0.5, 0.6) is 28.7 Å². The van der Waals surface area contributed by atoms with Gasteiger partial charge in [-0.15, -0.1) is 0 Å². The van der Waals surface area contributed by atoms with Gasteiger partial charge in [-0.25, -0.2) is 0 Å². The second kappa shape index (κ2) is 9.90. The number of rotatable bonds is 8. The number of carbonyl (C=O) groups is 2. The first-order valence-corrected chi connectivity index (χ1v) is 13.1. The number of nitrogens with zero attached hydrogens (tertiary/aromatic N) is 1. The van der Waals surface area contributed by atoms with Crippen molar-refractivity contribution in [1.82, 2.24) is 10.2 Å². The van der Waals surface area contributed by atoms with Crippen LogP contribution >= 0.6 is 0 Å². The van der Waals surface area contributed by atoms with Crippen LogP contribution < -0.4 is 24.3 Å². The molecule has 2 aromatic carbocycles. The maximum absolute atomic E-state index is 13.2. The summed E-state index contributed by atoms with van der Waals surface area (Å²) in [6, 6.07) is 7.30. The number of nitrogens with one attached hydrogen (secondary N) is 1. The van der Waals surface area contributed by atoms with Crippen molar-refractivity contribution in [3.63, 3.8) is 0 Å². The van der Waals surface area contributed by atoms with Gasteiger partial charge >= 0.3 is 5.97 Å². The number of benzene rings is 2. The fraction of sp³-hybridized carbons (Fsp3) is 0.500. The Hall–Kier alpha value is -3.66. The van der Waals surface area contributed by atoms with E-state index in [0.717, 1.165) is 36.1 Å². The van der Waals surface area contributed by atoms with Crippen LogP contribution in [0.15, 0.2) is 24.3 Å². The van der Waals surface area contributed by atoms with Crippen LogP contribution in [0.1, 0.15) is 47.9 Å². The minimum absolute atomic E-state index is 0.0953. The molecular formula is C28H32N2O8. The number of fused-ring (bicyclic) bond motifs is 3. The fourth-order valence-corrected chi connectivity index (χ4v) is 6.39. The molecule has 0 bridgehead atoms. The van der Waals surface area contributed by atoms with E-state index in [1.165, 1.54) is 14.2 Å². The molecule has 4 aliphatic rings. The van der Waals surface area contributed by atoms with Gasteiger partial charge in [0.1, 0.15) is 0 Å². The van der Waals surface area contributed by atoms with Gasteiger partial charge in [-0.2, -0.15) is 0 Å². The molecule has 2 N–H and O–H groups in total. The first-order chi connectivity index (χ1) is 18.5. The summed E-state index contributed by atoms with van der Waals surface area (Å²) in [5, 5.41) is 14.2. The van der Waals surface area contributed by atoms with Gasteiger partial charge in [0.2, 0.25) is 18.4 Å². The van der Waals surface area contributed by atoms with E-state index in [1.54, 1.807) is 12.1 Å². The number of hydrogen-bond donors (Lipinski definition) is 2. The summed E-state index contributed by atoms with van der Waals surface area (Å²) in [7, 11) is 2.96. The van der Waals surface area contributed by atoms with Gasteiger partial charge in [0.25, 0.3) is 0 Å². The van der Waals surface area contributed by atoms with Crippen LogP contribution in [0.3, 0.4) is 0 Å². The number of hydrogen-bond acceptors (Lipinski definition) is 9. The summed E-state index contributed by atoms with van der Waals surface area (Å²) in [5.74, 6) is 0.734. The Morgan fingerprint density at radius 3 is 2.39 bits per heavy atom. The molecule has 3 heterocycles. The summed E-state index contributed by atoms with van der Waals surface area (Å²) < 4.78 is 27.9. The summed E-state index contributed by atoms with van der Waals surface area (Å²) in [4.78, 5) is 27.2. The number of carbonyl (C=O) groups excluding carboxylic acids is 2. The van der Waals surface area contributed by atoms with E-state index in [1.807, 2.05) is 17.0 Å². The van der Waals surface area contributed by atoms with E-state index >= 15 is 0 Å². The van der Waals surface area contributed by atoms with Crippen LogP contribution in [-0.4, -0.2) is 69.1 Å². The Balaban J connectivity index is 1.38. The zero-order chi connectivity index (χ0) is 26.4. The molecular weight excluding hydrogens is 492 g/mol. The molecule has 38 heavy (non-hydrogen) atoms. The molecule has 0 spiro atoms. The standard InChI is InChI=1S/C28H32N2O8/c1-34-21-9-15(10-22(35-2)27(21)32)24-16-11-19-20(38-14-37-19)12-17(16)26(18-13-36-28(33)25(18)24)29-6-4-8-30-7-3-5-23(30)31/h9-12,18,24-26,29,32H,3-8,13-14H2,1-2H3/t18?,24?,25-,26+/m0/s1. The number of likely N-dealkylation sites (tertiary alicyclic amines) is 1. The van der Waals surface area contributed by atoms with Gasteiger partial charge in [0.05, 0.1) is 26.7 Å². The molecule has 0 aromatic heterocycles. The molecule has 1 aliphatic carbocycles. The van der Waals surface area contributed by atoms with Crippen molar-refractivity contribution in [1.29, 1.82) is 0 Å². The van der Waals surface area contributed by atoms with E-state index in [-0.39, 0.29) is 53.8 Å². The lowest BCUT2D eigenvalue weighted by atomic mass is 9.65. The molecule has 10 nitrogen and oxygen atoms in total. The summed E-state index contributed by atoms with van der Waals surface area (Å²) in [6.45, 7) is 2.66. The van der Waals surface area contributed by atoms with Gasteiger partial charge in [0.15, 0.2) is 23.0 Å². The lowest BCUT2D eigenvalue weighted by molar-refractivity contribution is -0.141. The van der Waals surface area contributed by atoms with Crippen molar-refractivity contribution in [2.24, 2.45) is 11.8 Å². The molecule has 0 saturated carbocycles. The average Bonchev–Trinajstić information content (AvgIpc) is 3.65. The van der Waals surface area contributed by atoms with Crippen LogP contribution in [0.4, 0.5) is 0 Å². The predicted molar refractivity (Wildman–Crippen MR) is 135 cm³/mol. The minimum atomic E-state index is -0.459. The maximum atomic E-state index is 13.2.